The molecule has 234 valence electrons. The molecule has 3 rings (SSSR count). The third-order valence-electron chi connectivity index (χ3n) is 6.95. The van der Waals surface area contributed by atoms with Gasteiger partial charge in [0.05, 0.1) is 0 Å². The van der Waals surface area contributed by atoms with Gasteiger partial charge in [-0.2, -0.15) is 0 Å². The molecule has 0 unspecified atom stereocenters. The van der Waals surface area contributed by atoms with E-state index in [9.17, 15) is 14.4 Å². The predicted molar refractivity (Wildman–Crippen MR) is 184 cm³/mol. The van der Waals surface area contributed by atoms with Crippen molar-refractivity contribution >= 4 is 45.0 Å². The zero-order chi connectivity index (χ0) is 31.7. The average Bonchev–Trinajstić information content (AvgIpc) is 2.99. The van der Waals surface area contributed by atoms with Crippen molar-refractivity contribution in [2.45, 2.75) is 62.3 Å². The van der Waals surface area contributed by atoms with E-state index in [4.69, 9.17) is 0 Å². The summed E-state index contributed by atoms with van der Waals surface area (Å²) in [5, 5.41) is 0. The van der Waals surface area contributed by atoms with Gasteiger partial charge in [-0.3, -0.25) is 14.4 Å². The van der Waals surface area contributed by atoms with Gasteiger partial charge in [-0.25, -0.2) is 0 Å². The van der Waals surface area contributed by atoms with Crippen molar-refractivity contribution in [3.63, 3.8) is 0 Å². The Balaban J connectivity index is 0.000000608. The molecule has 7 heteroatoms. The Morgan fingerprint density at radius 2 is 0.651 bits per heavy atom. The van der Waals surface area contributed by atoms with Crippen molar-refractivity contribution in [1.82, 2.24) is 14.7 Å². The standard InChI is InChI=1S/3C12H17NO.Pb.2H/c3*1-4-13(5-2)12(14)11-8-6-7-10(3)9-11;;;/h3*6-9H,4-5H2,1-3H3;;;. The summed E-state index contributed by atoms with van der Waals surface area (Å²) in [5.41, 5.74) is 5.74. The van der Waals surface area contributed by atoms with Crippen LogP contribution < -0.4 is 0 Å². The molecule has 0 saturated heterocycles. The fourth-order valence-corrected chi connectivity index (χ4v) is 4.41. The summed E-state index contributed by atoms with van der Waals surface area (Å²) < 4.78 is 0. The number of nitrogens with zero attached hydrogens (tertiary/aromatic N) is 3. The molecule has 0 saturated carbocycles. The van der Waals surface area contributed by atoms with Crippen molar-refractivity contribution in [3.8, 4) is 0 Å². The SMILES string of the molecule is CCN(CC)C(=O)c1cccc(C)c1.CCN(CC)C(=O)c1cccc(C)c1.CCN(CC)C(=O)c1cccc(C)c1.[PbH2]. The topological polar surface area (TPSA) is 60.9 Å². The summed E-state index contributed by atoms with van der Waals surface area (Å²) in [6.07, 6.45) is 0. The molecule has 0 fully saturated rings. The fraction of sp³-hybridized carbons (Fsp3) is 0.417. The van der Waals surface area contributed by atoms with Crippen LogP contribution in [0.15, 0.2) is 72.8 Å². The maximum absolute atomic E-state index is 11.9. The van der Waals surface area contributed by atoms with E-state index in [2.05, 4.69) is 0 Å². The number of hydrogen-bond donors (Lipinski definition) is 0. The van der Waals surface area contributed by atoms with Crippen LogP contribution in [0, 0.1) is 20.8 Å². The van der Waals surface area contributed by atoms with Crippen LogP contribution in [0.5, 0.6) is 0 Å². The van der Waals surface area contributed by atoms with E-state index < -0.39 is 0 Å². The second-order valence-corrected chi connectivity index (χ2v) is 10.0. The van der Waals surface area contributed by atoms with Crippen molar-refractivity contribution < 1.29 is 14.4 Å². The molecule has 43 heavy (non-hydrogen) atoms. The molecule has 0 aliphatic carbocycles. The van der Waals surface area contributed by atoms with Gasteiger partial charge in [-0.15, -0.1) is 0 Å². The monoisotopic (exact) mass is 783 g/mol. The van der Waals surface area contributed by atoms with Crippen LogP contribution >= 0.6 is 0 Å². The summed E-state index contributed by atoms with van der Waals surface area (Å²) in [7, 11) is 0. The Morgan fingerprint density at radius 3 is 0.814 bits per heavy atom. The molecule has 0 bridgehead atoms. The van der Waals surface area contributed by atoms with Gasteiger partial charge >= 0.3 is 27.3 Å². The number of aryl methyl sites for hydroxylation is 3. The van der Waals surface area contributed by atoms with E-state index in [1.54, 1.807) is 0 Å². The zero-order valence-electron chi connectivity index (χ0n) is 27.9. The molecule has 0 aliphatic rings. The first kappa shape index (κ1) is 40.0. The summed E-state index contributed by atoms with van der Waals surface area (Å²) in [4.78, 5) is 41.1. The predicted octanol–water partition coefficient (Wildman–Crippen LogP) is 6.51. The normalized spacial score (nSPS) is 9.70. The van der Waals surface area contributed by atoms with Crippen LogP contribution in [0.1, 0.15) is 89.3 Å². The summed E-state index contributed by atoms with van der Waals surface area (Å²) in [5.74, 6) is 0.371. The molecule has 0 aromatic heterocycles. The van der Waals surface area contributed by atoms with Gasteiger partial charge in [-0.05, 0) is 98.7 Å². The van der Waals surface area contributed by atoms with Crippen molar-refractivity contribution in [2.75, 3.05) is 39.3 Å². The van der Waals surface area contributed by atoms with Gasteiger partial charge in [0.1, 0.15) is 0 Å². The first-order valence-corrected chi connectivity index (χ1v) is 15.1. The van der Waals surface area contributed by atoms with Crippen LogP contribution in [-0.4, -0.2) is 99.0 Å². The third kappa shape index (κ3) is 13.4. The Bertz CT molecular complexity index is 1110. The first-order chi connectivity index (χ1) is 20.1. The third-order valence-corrected chi connectivity index (χ3v) is 6.95. The Hall–Kier alpha value is -3.01. The second kappa shape index (κ2) is 21.6. The quantitative estimate of drug-likeness (QED) is 0.233. The second-order valence-electron chi connectivity index (χ2n) is 10.0. The summed E-state index contributed by atoms with van der Waals surface area (Å²) in [6.45, 7) is 22.6. The van der Waals surface area contributed by atoms with E-state index in [1.165, 1.54) is 0 Å². The zero-order valence-corrected chi connectivity index (χ0v) is 33.4. The van der Waals surface area contributed by atoms with Crippen LogP contribution in [0.3, 0.4) is 0 Å². The number of benzene rings is 3. The van der Waals surface area contributed by atoms with Gasteiger partial charge in [0.15, 0.2) is 0 Å². The van der Waals surface area contributed by atoms with Crippen molar-refractivity contribution in [3.05, 3.63) is 106 Å². The van der Waals surface area contributed by atoms with Gasteiger partial charge in [0, 0.05) is 56.0 Å². The number of carbonyl (C=O) groups excluding carboxylic acids is 3. The molecule has 0 aliphatic heterocycles. The number of hydrogen-bond acceptors (Lipinski definition) is 3. The van der Waals surface area contributed by atoms with E-state index >= 15 is 0 Å². The number of rotatable bonds is 9. The molecule has 0 atom stereocenters. The number of carbonyl (C=O) groups is 3. The minimum absolute atomic E-state index is 0. The molecule has 0 spiro atoms. The van der Waals surface area contributed by atoms with Crippen molar-refractivity contribution in [1.29, 1.82) is 0 Å². The minimum atomic E-state index is 0. The van der Waals surface area contributed by atoms with Crippen molar-refractivity contribution in [2.24, 2.45) is 0 Å². The summed E-state index contributed by atoms with van der Waals surface area (Å²) in [6, 6.07) is 23.2. The van der Waals surface area contributed by atoms with Crippen LogP contribution in [0.4, 0.5) is 0 Å². The molecule has 0 heterocycles. The van der Waals surface area contributed by atoms with Crippen LogP contribution in [-0.2, 0) is 0 Å². The van der Waals surface area contributed by atoms with E-state index in [0.717, 1.165) is 72.6 Å². The molecule has 0 N–H and O–H groups in total. The molecule has 3 aromatic carbocycles. The molecule has 3 amide bonds. The number of amides is 3. The first-order valence-electron chi connectivity index (χ1n) is 15.1. The molecule has 6 nitrogen and oxygen atoms in total. The van der Waals surface area contributed by atoms with Gasteiger partial charge in [0.25, 0.3) is 17.7 Å². The van der Waals surface area contributed by atoms with Crippen LogP contribution in [0.2, 0.25) is 0 Å². The molecule has 3 aromatic rings. The van der Waals surface area contributed by atoms with E-state index in [0.29, 0.717) is 0 Å². The van der Waals surface area contributed by atoms with Gasteiger partial charge in [-0.1, -0.05) is 53.1 Å². The van der Waals surface area contributed by atoms with Gasteiger partial charge < -0.3 is 14.7 Å². The molecular weight excluding hydrogens is 730 g/mol. The molecular formula is C36H53N3O3Pb. The van der Waals surface area contributed by atoms with E-state index in [1.807, 2.05) is 150 Å². The van der Waals surface area contributed by atoms with E-state index in [-0.39, 0.29) is 45.0 Å². The molecule has 2 radical (unpaired) electrons. The fourth-order valence-electron chi connectivity index (χ4n) is 4.41. The summed E-state index contributed by atoms with van der Waals surface area (Å²) >= 11 is 0. The Morgan fingerprint density at radius 1 is 0.442 bits per heavy atom. The maximum atomic E-state index is 11.9. The Kier molecular flexibility index (Phi) is 20.1. The Labute approximate surface area is 280 Å². The average molecular weight is 783 g/mol. The van der Waals surface area contributed by atoms with Gasteiger partial charge in [0.2, 0.25) is 0 Å². The van der Waals surface area contributed by atoms with Crippen LogP contribution in [0.25, 0.3) is 0 Å².